The zero-order valence-corrected chi connectivity index (χ0v) is 24.9. The number of esters is 1. The number of carbonyl (C=O) groups is 1. The van der Waals surface area contributed by atoms with E-state index in [1.807, 2.05) is 31.2 Å². The second-order valence-corrected chi connectivity index (χ2v) is 11.4. The minimum atomic E-state index is -0.945. The summed E-state index contributed by atoms with van der Waals surface area (Å²) >= 11 is 1.18. The summed E-state index contributed by atoms with van der Waals surface area (Å²) in [6, 6.07) is 13.9. The third-order valence-corrected chi connectivity index (χ3v) is 8.12. The Morgan fingerprint density at radius 3 is 2.58 bits per heavy atom. The van der Waals surface area contributed by atoms with Crippen LogP contribution in [-0.2, 0) is 9.53 Å². The van der Waals surface area contributed by atoms with Crippen molar-refractivity contribution in [1.29, 1.82) is 0 Å². The Morgan fingerprint density at radius 2 is 1.93 bits per heavy atom. The van der Waals surface area contributed by atoms with Crippen LogP contribution in [0.25, 0.3) is 17.4 Å². The number of rotatable bonds is 9. The molecule has 4 aromatic rings. The minimum Gasteiger partial charge on any atom is -0.463 e. The van der Waals surface area contributed by atoms with Crippen LogP contribution in [0.3, 0.4) is 0 Å². The molecule has 1 aliphatic rings. The number of nitrogens with zero attached hydrogens (tertiary/aromatic N) is 3. The van der Waals surface area contributed by atoms with Gasteiger partial charge in [-0.15, -0.1) is 0 Å². The van der Waals surface area contributed by atoms with Gasteiger partial charge in [0.15, 0.2) is 4.80 Å². The predicted octanol–water partition coefficient (Wildman–Crippen LogP) is 6.01. The van der Waals surface area contributed by atoms with Crippen LogP contribution in [0.4, 0.5) is 10.1 Å². The summed E-state index contributed by atoms with van der Waals surface area (Å²) in [5, 5.41) is 11.2. The van der Waals surface area contributed by atoms with E-state index < -0.39 is 28.4 Å². The molecule has 2 aromatic heterocycles. The molecule has 1 aliphatic heterocycles. The molecule has 0 aliphatic carbocycles. The van der Waals surface area contributed by atoms with Crippen LogP contribution in [0.15, 0.2) is 80.1 Å². The maximum absolute atomic E-state index is 14.0. The van der Waals surface area contributed by atoms with Crippen molar-refractivity contribution in [2.75, 3.05) is 6.61 Å². The number of thiazole rings is 1. The molecule has 43 heavy (non-hydrogen) atoms. The SMILES string of the molecule is CCCC1=C(C(=O)OCC)[C@@H](c2ccc(C(C)C)cc2)n2c(s/c(=C\c3ccc(-c4ccc(F)c([N+](=O)[O-])c4)o3)c2=O)=N1. The van der Waals surface area contributed by atoms with E-state index in [0.717, 1.165) is 29.7 Å². The van der Waals surface area contributed by atoms with E-state index in [1.54, 1.807) is 25.1 Å². The van der Waals surface area contributed by atoms with E-state index in [0.29, 0.717) is 44.3 Å². The van der Waals surface area contributed by atoms with Crippen LogP contribution in [0.5, 0.6) is 0 Å². The number of hydrogen-bond donors (Lipinski definition) is 0. The van der Waals surface area contributed by atoms with Gasteiger partial charge in [-0.05, 0) is 54.7 Å². The summed E-state index contributed by atoms with van der Waals surface area (Å²) in [7, 11) is 0. The van der Waals surface area contributed by atoms with E-state index in [9.17, 15) is 24.1 Å². The van der Waals surface area contributed by atoms with Crippen molar-refractivity contribution in [2.45, 2.75) is 52.5 Å². The van der Waals surface area contributed by atoms with E-state index in [4.69, 9.17) is 14.1 Å². The van der Waals surface area contributed by atoms with Crippen molar-refractivity contribution in [3.63, 3.8) is 0 Å². The predicted molar refractivity (Wildman–Crippen MR) is 161 cm³/mol. The molecule has 11 heteroatoms. The number of benzene rings is 2. The maximum atomic E-state index is 14.0. The molecule has 3 heterocycles. The lowest BCUT2D eigenvalue weighted by Crippen LogP contribution is -2.40. The number of carbonyl (C=O) groups excluding carboxylic acids is 1. The fraction of sp³-hybridized carbons (Fsp3) is 0.281. The standard InChI is InChI=1S/C32H30FN3O6S/c1-5-7-24-28(31(38)41-6-2)29(20-10-8-19(9-11-20)18(3)4)35-30(37)27(43-32(35)34-24)17-22-13-15-26(42-22)21-12-14-23(33)25(16-21)36(39)40/h8-18,29H,5-7H2,1-4H3/b27-17-/t29-/m1/s1. The number of nitro benzene ring substituents is 1. The second-order valence-electron chi connectivity index (χ2n) is 10.4. The lowest BCUT2D eigenvalue weighted by atomic mass is 9.92. The van der Waals surface area contributed by atoms with Gasteiger partial charge < -0.3 is 9.15 Å². The lowest BCUT2D eigenvalue weighted by Gasteiger charge is -2.26. The number of halogens is 1. The van der Waals surface area contributed by atoms with Crippen molar-refractivity contribution in [1.82, 2.24) is 4.57 Å². The van der Waals surface area contributed by atoms with Crippen molar-refractivity contribution in [3.05, 3.63) is 118 Å². The summed E-state index contributed by atoms with van der Waals surface area (Å²) in [4.78, 5) is 42.9. The quantitative estimate of drug-likeness (QED) is 0.131. The van der Waals surface area contributed by atoms with Gasteiger partial charge in [0.25, 0.3) is 5.56 Å². The van der Waals surface area contributed by atoms with Gasteiger partial charge in [-0.25, -0.2) is 9.79 Å². The van der Waals surface area contributed by atoms with Gasteiger partial charge in [-0.1, -0.05) is 62.8 Å². The molecule has 5 rings (SSSR count). The van der Waals surface area contributed by atoms with Crippen molar-refractivity contribution in [3.8, 4) is 11.3 Å². The molecule has 0 amide bonds. The molecule has 0 spiro atoms. The Bertz CT molecular complexity index is 1920. The Kier molecular flexibility index (Phi) is 8.54. The molecule has 9 nitrogen and oxygen atoms in total. The molecule has 0 radical (unpaired) electrons. The first kappa shape index (κ1) is 29.8. The molecule has 2 aromatic carbocycles. The number of hydrogen-bond acceptors (Lipinski definition) is 8. The van der Waals surface area contributed by atoms with E-state index in [-0.39, 0.29) is 17.9 Å². The van der Waals surface area contributed by atoms with Gasteiger partial charge in [0.05, 0.1) is 33.4 Å². The number of nitro groups is 1. The summed E-state index contributed by atoms with van der Waals surface area (Å²) in [6.45, 7) is 8.11. The fourth-order valence-electron chi connectivity index (χ4n) is 5.02. The molecular weight excluding hydrogens is 573 g/mol. The fourth-order valence-corrected chi connectivity index (χ4v) is 6.02. The molecule has 0 saturated carbocycles. The zero-order chi connectivity index (χ0) is 30.8. The zero-order valence-electron chi connectivity index (χ0n) is 24.1. The number of furan rings is 1. The molecule has 0 unspecified atom stereocenters. The maximum Gasteiger partial charge on any atom is 0.338 e. The molecule has 222 valence electrons. The first-order valence-electron chi connectivity index (χ1n) is 14.0. The van der Waals surface area contributed by atoms with Crippen LogP contribution >= 0.6 is 11.3 Å². The normalized spacial score (nSPS) is 15.0. The van der Waals surface area contributed by atoms with E-state index in [2.05, 4.69) is 13.8 Å². The summed E-state index contributed by atoms with van der Waals surface area (Å²) in [5.41, 5.74) is 2.14. The molecule has 0 bridgehead atoms. The highest BCUT2D eigenvalue weighted by Crippen LogP contribution is 2.33. The number of aromatic nitrogens is 1. The smallest absolute Gasteiger partial charge is 0.338 e. The summed E-state index contributed by atoms with van der Waals surface area (Å²) in [6.07, 6.45) is 2.84. The number of allylic oxidation sites excluding steroid dienone is 1. The third kappa shape index (κ3) is 5.85. The average molecular weight is 604 g/mol. The van der Waals surface area contributed by atoms with Crippen molar-refractivity contribution in [2.24, 2.45) is 4.99 Å². The number of fused-ring (bicyclic) bond motifs is 1. The molecule has 0 N–H and O–H groups in total. The number of ether oxygens (including phenoxy) is 1. The minimum absolute atomic E-state index is 0.184. The lowest BCUT2D eigenvalue weighted by molar-refractivity contribution is -0.387. The van der Waals surface area contributed by atoms with Crippen LogP contribution < -0.4 is 14.9 Å². The van der Waals surface area contributed by atoms with Gasteiger partial charge in [0.2, 0.25) is 5.82 Å². The van der Waals surface area contributed by atoms with Crippen molar-refractivity contribution < 1.29 is 23.3 Å². The van der Waals surface area contributed by atoms with Crippen LogP contribution in [0.2, 0.25) is 0 Å². The van der Waals surface area contributed by atoms with Gasteiger partial charge in [-0.3, -0.25) is 19.5 Å². The van der Waals surface area contributed by atoms with Crippen LogP contribution in [-0.4, -0.2) is 22.1 Å². The topological polar surface area (TPSA) is 117 Å². The second kappa shape index (κ2) is 12.3. The van der Waals surface area contributed by atoms with Crippen molar-refractivity contribution >= 4 is 29.1 Å². The molecule has 1 atom stereocenters. The monoisotopic (exact) mass is 603 g/mol. The first-order valence-corrected chi connectivity index (χ1v) is 14.8. The largest absolute Gasteiger partial charge is 0.463 e. The van der Waals surface area contributed by atoms with Crippen LogP contribution in [0.1, 0.15) is 69.4 Å². The first-order chi connectivity index (χ1) is 20.6. The van der Waals surface area contributed by atoms with Gasteiger partial charge in [-0.2, -0.15) is 4.39 Å². The highest BCUT2D eigenvalue weighted by molar-refractivity contribution is 7.07. The Labute approximate surface area is 250 Å². The molecular formula is C32H30FN3O6S. The summed E-state index contributed by atoms with van der Waals surface area (Å²) < 4.78 is 27.0. The average Bonchev–Trinajstić information content (AvgIpc) is 3.57. The van der Waals surface area contributed by atoms with Gasteiger partial charge >= 0.3 is 11.7 Å². The molecule has 0 saturated heterocycles. The third-order valence-electron chi connectivity index (χ3n) is 7.14. The Hall–Kier alpha value is -4.64. The Balaban J connectivity index is 1.64. The van der Waals surface area contributed by atoms with Gasteiger partial charge in [0.1, 0.15) is 11.5 Å². The summed E-state index contributed by atoms with van der Waals surface area (Å²) in [5.74, 6) is -0.541. The van der Waals surface area contributed by atoms with E-state index >= 15 is 0 Å². The van der Waals surface area contributed by atoms with E-state index in [1.165, 1.54) is 22.0 Å². The highest BCUT2D eigenvalue weighted by Gasteiger charge is 2.34. The van der Waals surface area contributed by atoms with Crippen LogP contribution in [0, 0.1) is 15.9 Å². The molecule has 0 fully saturated rings. The highest BCUT2D eigenvalue weighted by atomic mass is 32.1. The Morgan fingerprint density at radius 1 is 1.19 bits per heavy atom. The van der Waals surface area contributed by atoms with Gasteiger partial charge in [0, 0.05) is 17.7 Å².